The maximum atomic E-state index is 13.1. The molecule has 0 radical (unpaired) electrons. The SMILES string of the molecule is CCC(=O)Nc1cccc(NCc2ccc(F)c(Cl)c2)c1. The largest absolute Gasteiger partial charge is 0.381 e. The van der Waals surface area contributed by atoms with Crippen LogP contribution in [0.5, 0.6) is 0 Å². The molecule has 0 spiro atoms. The van der Waals surface area contributed by atoms with E-state index in [2.05, 4.69) is 10.6 Å². The van der Waals surface area contributed by atoms with Gasteiger partial charge >= 0.3 is 0 Å². The van der Waals surface area contributed by atoms with Gasteiger partial charge in [-0.1, -0.05) is 30.7 Å². The van der Waals surface area contributed by atoms with Gasteiger partial charge in [0.25, 0.3) is 0 Å². The number of nitrogens with one attached hydrogen (secondary N) is 2. The summed E-state index contributed by atoms with van der Waals surface area (Å²) in [6.07, 6.45) is 0.436. The van der Waals surface area contributed by atoms with Crippen molar-refractivity contribution < 1.29 is 9.18 Å². The van der Waals surface area contributed by atoms with Crippen molar-refractivity contribution in [2.24, 2.45) is 0 Å². The molecule has 1 amide bonds. The number of benzene rings is 2. The number of halogens is 2. The molecule has 2 N–H and O–H groups in total. The van der Waals surface area contributed by atoms with Gasteiger partial charge in [-0.05, 0) is 35.9 Å². The van der Waals surface area contributed by atoms with E-state index in [0.29, 0.717) is 13.0 Å². The minimum Gasteiger partial charge on any atom is -0.381 e. The first-order valence-electron chi connectivity index (χ1n) is 6.66. The minimum absolute atomic E-state index is 0.0301. The molecule has 0 saturated carbocycles. The second-order valence-electron chi connectivity index (χ2n) is 4.58. The Balaban J connectivity index is 2.01. The highest BCUT2D eigenvalue weighted by Gasteiger charge is 2.02. The molecule has 2 aromatic carbocycles. The predicted octanol–water partition coefficient (Wildman–Crippen LogP) is 4.44. The standard InChI is InChI=1S/C16H16ClFN2O/c1-2-16(21)20-13-5-3-4-12(9-13)19-10-11-6-7-15(18)14(17)8-11/h3-9,19H,2,10H2,1H3,(H,20,21). The summed E-state index contributed by atoms with van der Waals surface area (Å²) in [6, 6.07) is 12.0. The second-order valence-corrected chi connectivity index (χ2v) is 4.99. The normalized spacial score (nSPS) is 10.2. The summed E-state index contributed by atoms with van der Waals surface area (Å²) in [5, 5.41) is 6.11. The molecule has 0 heterocycles. The molecular weight excluding hydrogens is 291 g/mol. The summed E-state index contributed by atoms with van der Waals surface area (Å²) in [7, 11) is 0. The zero-order valence-electron chi connectivity index (χ0n) is 11.6. The maximum absolute atomic E-state index is 13.1. The summed E-state index contributed by atoms with van der Waals surface area (Å²) < 4.78 is 13.1. The van der Waals surface area contributed by atoms with Gasteiger partial charge in [0.15, 0.2) is 0 Å². The van der Waals surface area contributed by atoms with E-state index in [4.69, 9.17) is 11.6 Å². The molecule has 110 valence electrons. The molecule has 0 aliphatic heterocycles. The van der Waals surface area contributed by atoms with E-state index in [1.54, 1.807) is 19.1 Å². The monoisotopic (exact) mass is 306 g/mol. The van der Waals surface area contributed by atoms with E-state index in [1.807, 2.05) is 24.3 Å². The third kappa shape index (κ3) is 4.46. The van der Waals surface area contributed by atoms with Crippen LogP contribution in [0.1, 0.15) is 18.9 Å². The highest BCUT2D eigenvalue weighted by molar-refractivity contribution is 6.30. The van der Waals surface area contributed by atoms with E-state index in [-0.39, 0.29) is 10.9 Å². The fourth-order valence-corrected chi connectivity index (χ4v) is 2.01. The first-order chi connectivity index (χ1) is 10.1. The predicted molar refractivity (Wildman–Crippen MR) is 84.1 cm³/mol. The summed E-state index contributed by atoms with van der Waals surface area (Å²) in [5.41, 5.74) is 2.48. The molecule has 2 aromatic rings. The average Bonchev–Trinajstić information content (AvgIpc) is 2.49. The average molecular weight is 307 g/mol. The van der Waals surface area contributed by atoms with Crippen LogP contribution in [0.3, 0.4) is 0 Å². The lowest BCUT2D eigenvalue weighted by Gasteiger charge is -2.09. The van der Waals surface area contributed by atoms with Crippen molar-refractivity contribution >= 4 is 28.9 Å². The van der Waals surface area contributed by atoms with E-state index in [9.17, 15) is 9.18 Å². The van der Waals surface area contributed by atoms with Gasteiger partial charge in [0.1, 0.15) is 5.82 Å². The Bertz CT molecular complexity index is 646. The summed E-state index contributed by atoms with van der Waals surface area (Å²) >= 11 is 5.74. The Labute approximate surface area is 128 Å². The zero-order valence-corrected chi connectivity index (χ0v) is 12.4. The Morgan fingerprint density at radius 1 is 1.19 bits per heavy atom. The molecule has 0 unspecified atom stereocenters. The molecule has 2 rings (SSSR count). The van der Waals surface area contributed by atoms with Crippen molar-refractivity contribution in [1.82, 2.24) is 0 Å². The third-order valence-corrected chi connectivity index (χ3v) is 3.24. The second kappa shape index (κ2) is 7.09. The number of anilines is 2. The molecule has 3 nitrogen and oxygen atoms in total. The lowest BCUT2D eigenvalue weighted by molar-refractivity contribution is -0.115. The van der Waals surface area contributed by atoms with E-state index in [1.165, 1.54) is 6.07 Å². The van der Waals surface area contributed by atoms with Crippen molar-refractivity contribution in [3.05, 3.63) is 58.9 Å². The Hall–Kier alpha value is -2.07. The van der Waals surface area contributed by atoms with Crippen LogP contribution in [-0.4, -0.2) is 5.91 Å². The van der Waals surface area contributed by atoms with E-state index < -0.39 is 5.82 Å². The summed E-state index contributed by atoms with van der Waals surface area (Å²) in [5.74, 6) is -0.456. The number of rotatable bonds is 5. The molecular formula is C16H16ClFN2O. The van der Waals surface area contributed by atoms with Crippen LogP contribution in [-0.2, 0) is 11.3 Å². The van der Waals surface area contributed by atoms with Gasteiger partial charge < -0.3 is 10.6 Å². The molecule has 0 aliphatic carbocycles. The first kappa shape index (κ1) is 15.3. The quantitative estimate of drug-likeness (QED) is 0.857. The van der Waals surface area contributed by atoms with Crippen molar-refractivity contribution in [2.45, 2.75) is 19.9 Å². The van der Waals surface area contributed by atoms with Gasteiger partial charge in [-0.2, -0.15) is 0 Å². The van der Waals surface area contributed by atoms with Gasteiger partial charge in [0.2, 0.25) is 5.91 Å². The molecule has 0 atom stereocenters. The van der Waals surface area contributed by atoms with Crippen LogP contribution in [0.15, 0.2) is 42.5 Å². The zero-order chi connectivity index (χ0) is 15.2. The van der Waals surface area contributed by atoms with Crippen LogP contribution in [0.2, 0.25) is 5.02 Å². The van der Waals surface area contributed by atoms with Crippen molar-refractivity contribution in [3.63, 3.8) is 0 Å². The first-order valence-corrected chi connectivity index (χ1v) is 7.04. The number of hydrogen-bond acceptors (Lipinski definition) is 2. The number of hydrogen-bond donors (Lipinski definition) is 2. The summed E-state index contributed by atoms with van der Waals surface area (Å²) in [4.78, 5) is 11.4. The number of carbonyl (C=O) groups excluding carboxylic acids is 1. The van der Waals surface area contributed by atoms with Crippen LogP contribution >= 0.6 is 11.6 Å². The Morgan fingerprint density at radius 2 is 1.95 bits per heavy atom. The van der Waals surface area contributed by atoms with Gasteiger partial charge in [-0.3, -0.25) is 4.79 Å². The van der Waals surface area contributed by atoms with E-state index in [0.717, 1.165) is 16.9 Å². The van der Waals surface area contributed by atoms with Gasteiger partial charge in [-0.25, -0.2) is 4.39 Å². The smallest absolute Gasteiger partial charge is 0.224 e. The maximum Gasteiger partial charge on any atom is 0.224 e. The lowest BCUT2D eigenvalue weighted by atomic mass is 10.2. The number of amides is 1. The number of carbonyl (C=O) groups is 1. The van der Waals surface area contributed by atoms with Crippen LogP contribution < -0.4 is 10.6 Å². The molecule has 0 aromatic heterocycles. The topological polar surface area (TPSA) is 41.1 Å². The van der Waals surface area contributed by atoms with Gasteiger partial charge in [-0.15, -0.1) is 0 Å². The molecule has 5 heteroatoms. The van der Waals surface area contributed by atoms with Crippen LogP contribution in [0, 0.1) is 5.82 Å². The van der Waals surface area contributed by atoms with Crippen molar-refractivity contribution in [3.8, 4) is 0 Å². The minimum atomic E-state index is -0.426. The molecule has 0 saturated heterocycles. The lowest BCUT2D eigenvalue weighted by Crippen LogP contribution is -2.09. The van der Waals surface area contributed by atoms with Crippen molar-refractivity contribution in [1.29, 1.82) is 0 Å². The Morgan fingerprint density at radius 3 is 2.67 bits per heavy atom. The Kier molecular flexibility index (Phi) is 5.17. The molecule has 0 aliphatic rings. The summed E-state index contributed by atoms with van der Waals surface area (Å²) in [6.45, 7) is 2.32. The van der Waals surface area contributed by atoms with E-state index >= 15 is 0 Å². The molecule has 21 heavy (non-hydrogen) atoms. The van der Waals surface area contributed by atoms with Gasteiger partial charge in [0, 0.05) is 24.3 Å². The van der Waals surface area contributed by atoms with Crippen LogP contribution in [0.25, 0.3) is 0 Å². The van der Waals surface area contributed by atoms with Gasteiger partial charge in [0.05, 0.1) is 5.02 Å². The molecule has 0 fully saturated rings. The van der Waals surface area contributed by atoms with Crippen LogP contribution in [0.4, 0.5) is 15.8 Å². The van der Waals surface area contributed by atoms with Crippen molar-refractivity contribution in [2.75, 3.05) is 10.6 Å². The highest BCUT2D eigenvalue weighted by Crippen LogP contribution is 2.19. The third-order valence-electron chi connectivity index (χ3n) is 2.95. The highest BCUT2D eigenvalue weighted by atomic mass is 35.5. The fraction of sp³-hybridized carbons (Fsp3) is 0.188. The molecule has 0 bridgehead atoms. The fourth-order valence-electron chi connectivity index (χ4n) is 1.81.